The predicted octanol–water partition coefficient (Wildman–Crippen LogP) is 3.22. The molecule has 1 nitrogen and oxygen atoms in total. The van der Waals surface area contributed by atoms with E-state index < -0.39 is 0 Å². The second-order valence-electron chi connectivity index (χ2n) is 3.62. The smallest absolute Gasteiger partial charge is 0.0319 e. The maximum atomic E-state index is 7.00. The van der Waals surface area contributed by atoms with Crippen LogP contribution in [0, 0.1) is 11.8 Å². The lowest BCUT2D eigenvalue weighted by atomic mass is 9.77. The second-order valence-corrected chi connectivity index (χ2v) is 3.62. The van der Waals surface area contributed by atoms with Crippen LogP contribution >= 0.6 is 0 Å². The molecular formula is C11H24O. The van der Waals surface area contributed by atoms with Crippen molar-refractivity contribution in [3.8, 4) is 0 Å². The Bertz CT molecular complexity index is 79.0. The van der Waals surface area contributed by atoms with E-state index in [1.54, 1.807) is 0 Å². The van der Waals surface area contributed by atoms with Gasteiger partial charge in [0.1, 0.15) is 0 Å². The highest BCUT2D eigenvalue weighted by molar-refractivity contribution is 4.72. The van der Waals surface area contributed by atoms with Crippen LogP contribution in [0.3, 0.4) is 0 Å². The molecule has 1 aliphatic carbocycles. The fourth-order valence-corrected chi connectivity index (χ4v) is 2.36. The summed E-state index contributed by atoms with van der Waals surface area (Å²) in [6, 6.07) is 0. The summed E-state index contributed by atoms with van der Waals surface area (Å²) >= 11 is 0. The lowest BCUT2D eigenvalue weighted by Crippen LogP contribution is -2.17. The molecule has 1 fully saturated rings. The molecule has 0 aliphatic heterocycles. The number of aliphatic hydroxyl groups excluding tert-OH is 1. The third-order valence-corrected chi connectivity index (χ3v) is 3.12. The van der Waals surface area contributed by atoms with Gasteiger partial charge in [0.25, 0.3) is 0 Å². The van der Waals surface area contributed by atoms with Crippen LogP contribution in [0.5, 0.6) is 0 Å². The van der Waals surface area contributed by atoms with E-state index in [4.69, 9.17) is 5.11 Å². The van der Waals surface area contributed by atoms with Gasteiger partial charge in [0.15, 0.2) is 0 Å². The van der Waals surface area contributed by atoms with Gasteiger partial charge in [0, 0.05) is 7.11 Å². The average molecular weight is 172 g/mol. The van der Waals surface area contributed by atoms with Crippen LogP contribution in [0.1, 0.15) is 52.4 Å². The van der Waals surface area contributed by atoms with Crippen LogP contribution < -0.4 is 0 Å². The summed E-state index contributed by atoms with van der Waals surface area (Å²) in [7, 11) is 1.00. The van der Waals surface area contributed by atoms with Crippen molar-refractivity contribution in [2.75, 3.05) is 7.11 Å². The maximum absolute atomic E-state index is 7.00. The molecule has 0 aromatic rings. The fraction of sp³-hybridized carbons (Fsp3) is 1.00. The van der Waals surface area contributed by atoms with Crippen molar-refractivity contribution in [2.45, 2.75) is 52.4 Å². The van der Waals surface area contributed by atoms with Crippen molar-refractivity contribution < 1.29 is 5.11 Å². The number of hydrogen-bond acceptors (Lipinski definition) is 1. The highest BCUT2D eigenvalue weighted by atomic mass is 16.2. The summed E-state index contributed by atoms with van der Waals surface area (Å²) in [6.07, 6.45) is 8.84. The zero-order chi connectivity index (χ0) is 9.40. The van der Waals surface area contributed by atoms with Crippen molar-refractivity contribution in [3.63, 3.8) is 0 Å². The van der Waals surface area contributed by atoms with Gasteiger partial charge in [-0.1, -0.05) is 52.4 Å². The molecule has 0 aromatic carbocycles. The Labute approximate surface area is 77.2 Å². The van der Waals surface area contributed by atoms with E-state index in [0.717, 1.165) is 18.9 Å². The Morgan fingerprint density at radius 3 is 1.50 bits per heavy atom. The fourth-order valence-electron chi connectivity index (χ4n) is 2.36. The lowest BCUT2D eigenvalue weighted by Gasteiger charge is -2.29. The molecule has 0 saturated heterocycles. The molecule has 0 aromatic heterocycles. The third kappa shape index (κ3) is 3.57. The van der Waals surface area contributed by atoms with Crippen LogP contribution in [-0.4, -0.2) is 12.2 Å². The van der Waals surface area contributed by atoms with E-state index in [9.17, 15) is 0 Å². The normalized spacial score (nSPS) is 29.0. The first-order chi connectivity index (χ1) is 5.88. The van der Waals surface area contributed by atoms with Gasteiger partial charge in [-0.15, -0.1) is 0 Å². The standard InChI is InChI=1S/C10H20.CH4O/c1-3-9-7-5-6-8-10(9)4-2;1-2/h9-10H,3-8H2,1-2H3;2H,1H3. The monoisotopic (exact) mass is 172 g/mol. The molecule has 1 rings (SSSR count). The molecule has 0 radical (unpaired) electrons. The van der Waals surface area contributed by atoms with Gasteiger partial charge >= 0.3 is 0 Å². The van der Waals surface area contributed by atoms with Gasteiger partial charge < -0.3 is 5.11 Å². The first-order valence-electron chi connectivity index (χ1n) is 5.33. The lowest BCUT2D eigenvalue weighted by molar-refractivity contribution is 0.224. The summed E-state index contributed by atoms with van der Waals surface area (Å²) in [5, 5.41) is 7.00. The first-order valence-corrected chi connectivity index (χ1v) is 5.33. The Morgan fingerprint density at radius 1 is 0.917 bits per heavy atom. The molecule has 0 heterocycles. The minimum absolute atomic E-state index is 1.00. The molecule has 1 N–H and O–H groups in total. The molecule has 0 bridgehead atoms. The SMILES string of the molecule is CCC1CCCCC1CC.CO. The van der Waals surface area contributed by atoms with Gasteiger partial charge in [-0.3, -0.25) is 0 Å². The van der Waals surface area contributed by atoms with Crippen LogP contribution in [0.25, 0.3) is 0 Å². The highest BCUT2D eigenvalue weighted by Crippen LogP contribution is 2.33. The van der Waals surface area contributed by atoms with Crippen LogP contribution in [0.15, 0.2) is 0 Å². The van der Waals surface area contributed by atoms with E-state index in [1.165, 1.54) is 38.5 Å². The molecule has 2 unspecified atom stereocenters. The largest absolute Gasteiger partial charge is 0.400 e. The van der Waals surface area contributed by atoms with Gasteiger partial charge in [0.05, 0.1) is 0 Å². The summed E-state index contributed by atoms with van der Waals surface area (Å²) < 4.78 is 0. The van der Waals surface area contributed by atoms with Crippen LogP contribution in [0.2, 0.25) is 0 Å². The zero-order valence-corrected chi connectivity index (χ0v) is 8.84. The molecule has 1 saturated carbocycles. The topological polar surface area (TPSA) is 20.2 Å². The van der Waals surface area contributed by atoms with Crippen LogP contribution in [-0.2, 0) is 0 Å². The Kier molecular flexibility index (Phi) is 7.58. The van der Waals surface area contributed by atoms with E-state index in [1.807, 2.05) is 0 Å². The second kappa shape index (κ2) is 7.60. The van der Waals surface area contributed by atoms with Crippen molar-refractivity contribution in [2.24, 2.45) is 11.8 Å². The maximum Gasteiger partial charge on any atom is 0.0319 e. The summed E-state index contributed by atoms with van der Waals surface area (Å²) in [5.41, 5.74) is 0. The number of rotatable bonds is 2. The minimum atomic E-state index is 1.00. The van der Waals surface area contributed by atoms with Crippen molar-refractivity contribution >= 4 is 0 Å². The average Bonchev–Trinajstić information content (AvgIpc) is 2.20. The van der Waals surface area contributed by atoms with Crippen LogP contribution in [0.4, 0.5) is 0 Å². The summed E-state index contributed by atoms with van der Waals surface area (Å²) in [4.78, 5) is 0. The molecule has 2 atom stereocenters. The number of aliphatic hydroxyl groups is 1. The van der Waals surface area contributed by atoms with Gasteiger partial charge in [0.2, 0.25) is 0 Å². The Balaban J connectivity index is 0.000000561. The third-order valence-electron chi connectivity index (χ3n) is 3.12. The highest BCUT2D eigenvalue weighted by Gasteiger charge is 2.21. The van der Waals surface area contributed by atoms with E-state index in [2.05, 4.69) is 13.8 Å². The van der Waals surface area contributed by atoms with Gasteiger partial charge in [-0.25, -0.2) is 0 Å². The van der Waals surface area contributed by atoms with Gasteiger partial charge in [-0.05, 0) is 11.8 Å². The molecular weight excluding hydrogens is 148 g/mol. The van der Waals surface area contributed by atoms with Crippen molar-refractivity contribution in [1.29, 1.82) is 0 Å². The van der Waals surface area contributed by atoms with Crippen molar-refractivity contribution in [3.05, 3.63) is 0 Å². The van der Waals surface area contributed by atoms with E-state index in [-0.39, 0.29) is 0 Å². The van der Waals surface area contributed by atoms with E-state index >= 15 is 0 Å². The zero-order valence-electron chi connectivity index (χ0n) is 8.84. The molecule has 0 amide bonds. The predicted molar refractivity (Wildman–Crippen MR) is 54.2 cm³/mol. The number of hydrogen-bond donors (Lipinski definition) is 1. The molecule has 12 heavy (non-hydrogen) atoms. The minimum Gasteiger partial charge on any atom is -0.400 e. The van der Waals surface area contributed by atoms with Gasteiger partial charge in [-0.2, -0.15) is 0 Å². The molecule has 1 aliphatic rings. The molecule has 1 heteroatoms. The molecule has 0 spiro atoms. The van der Waals surface area contributed by atoms with E-state index in [0.29, 0.717) is 0 Å². The summed E-state index contributed by atoms with van der Waals surface area (Å²) in [6.45, 7) is 4.69. The quantitative estimate of drug-likeness (QED) is 0.678. The first kappa shape index (κ1) is 12.0. The molecule has 74 valence electrons. The van der Waals surface area contributed by atoms with Crippen molar-refractivity contribution in [1.82, 2.24) is 0 Å². The summed E-state index contributed by atoms with van der Waals surface area (Å²) in [5.74, 6) is 2.14. The Hall–Kier alpha value is -0.0400. The Morgan fingerprint density at radius 2 is 1.25 bits per heavy atom.